The summed E-state index contributed by atoms with van der Waals surface area (Å²) in [6.07, 6.45) is 0. The van der Waals surface area contributed by atoms with Gasteiger partial charge in [-0.3, -0.25) is 0 Å². The van der Waals surface area contributed by atoms with Crippen LogP contribution in [-0.4, -0.2) is 18.0 Å². The van der Waals surface area contributed by atoms with Gasteiger partial charge in [0.25, 0.3) is 0 Å². The number of anilines is 1. The van der Waals surface area contributed by atoms with Crippen molar-refractivity contribution in [3.05, 3.63) is 41.5 Å². The molecule has 0 aliphatic carbocycles. The minimum Gasteiger partial charge on any atom is -0.386 e. The highest BCUT2D eigenvalue weighted by Gasteiger charge is 2.29. The summed E-state index contributed by atoms with van der Waals surface area (Å²) in [5.41, 5.74) is 5.72. The van der Waals surface area contributed by atoms with E-state index < -0.39 is 18.0 Å². The number of hydrogen-bond donors (Lipinski definition) is 2. The number of hydrogen-bond acceptors (Lipinski definition) is 4. The molecule has 2 amide bonds. The molecule has 0 aromatic heterocycles. The fraction of sp³-hybridized carbons (Fsp3) is 0. The van der Waals surface area contributed by atoms with Crippen LogP contribution in [0.2, 0.25) is 0 Å². The molecule has 1 heterocycles. The van der Waals surface area contributed by atoms with Crippen LogP contribution >= 0.6 is 0 Å². The van der Waals surface area contributed by atoms with Crippen molar-refractivity contribution in [2.24, 2.45) is 5.73 Å². The van der Waals surface area contributed by atoms with Crippen LogP contribution < -0.4 is 11.1 Å². The van der Waals surface area contributed by atoms with Gasteiger partial charge in [-0.15, -0.1) is 0 Å². The van der Waals surface area contributed by atoms with E-state index in [4.69, 9.17) is 5.73 Å². The van der Waals surface area contributed by atoms with Crippen LogP contribution in [0.25, 0.3) is 10.8 Å². The lowest BCUT2D eigenvalue weighted by Crippen LogP contribution is -2.25. The number of benzene rings is 2. The van der Waals surface area contributed by atoms with Gasteiger partial charge in [-0.25, -0.2) is 14.4 Å². The summed E-state index contributed by atoms with van der Waals surface area (Å²) in [5.74, 6) is -1.49. The monoisotopic (exact) mass is 256 g/mol. The van der Waals surface area contributed by atoms with Crippen LogP contribution in [0, 0.1) is 0 Å². The first-order chi connectivity index (χ1) is 9.08. The Labute approximate surface area is 107 Å². The number of rotatable bonds is 1. The maximum atomic E-state index is 11.8. The Morgan fingerprint density at radius 2 is 1.89 bits per heavy atom. The average molecular weight is 256 g/mol. The number of amides is 2. The predicted molar refractivity (Wildman–Crippen MR) is 66.9 cm³/mol. The number of ether oxygens (including phenoxy) is 1. The van der Waals surface area contributed by atoms with E-state index in [0.29, 0.717) is 16.3 Å². The van der Waals surface area contributed by atoms with E-state index in [0.717, 1.165) is 0 Å². The van der Waals surface area contributed by atoms with Gasteiger partial charge < -0.3 is 15.8 Å². The first-order valence-electron chi connectivity index (χ1n) is 5.46. The van der Waals surface area contributed by atoms with Crippen LogP contribution in [0.1, 0.15) is 20.7 Å². The van der Waals surface area contributed by atoms with E-state index in [1.165, 1.54) is 0 Å². The van der Waals surface area contributed by atoms with Crippen molar-refractivity contribution in [1.29, 1.82) is 0 Å². The molecule has 0 radical (unpaired) electrons. The van der Waals surface area contributed by atoms with E-state index in [1.54, 1.807) is 30.3 Å². The molecule has 6 nitrogen and oxygen atoms in total. The molecule has 19 heavy (non-hydrogen) atoms. The van der Waals surface area contributed by atoms with Crippen molar-refractivity contribution in [3.8, 4) is 0 Å². The van der Waals surface area contributed by atoms with Crippen LogP contribution in [0.15, 0.2) is 30.3 Å². The normalized spacial score (nSPS) is 13.3. The van der Waals surface area contributed by atoms with Crippen molar-refractivity contribution >= 4 is 34.4 Å². The summed E-state index contributed by atoms with van der Waals surface area (Å²) < 4.78 is 4.66. The summed E-state index contributed by atoms with van der Waals surface area (Å²) in [5, 5.41) is 3.53. The molecular weight excluding hydrogens is 248 g/mol. The maximum absolute atomic E-state index is 11.8. The molecule has 0 atom stereocenters. The third kappa shape index (κ3) is 1.61. The highest BCUT2D eigenvalue weighted by molar-refractivity contribution is 6.23. The highest BCUT2D eigenvalue weighted by Crippen LogP contribution is 2.33. The molecule has 2 aromatic carbocycles. The number of carbonyl (C=O) groups excluding carboxylic acids is 3. The van der Waals surface area contributed by atoms with Crippen molar-refractivity contribution in [2.75, 3.05) is 5.32 Å². The molecule has 0 saturated carbocycles. The van der Waals surface area contributed by atoms with Gasteiger partial charge in [-0.2, -0.15) is 0 Å². The quantitative estimate of drug-likeness (QED) is 0.598. The molecule has 0 spiro atoms. The van der Waals surface area contributed by atoms with Crippen molar-refractivity contribution in [3.63, 3.8) is 0 Å². The third-order valence-electron chi connectivity index (χ3n) is 2.91. The topological polar surface area (TPSA) is 98.5 Å². The van der Waals surface area contributed by atoms with E-state index in [1.807, 2.05) is 0 Å². The second-order valence-electron chi connectivity index (χ2n) is 4.06. The summed E-state index contributed by atoms with van der Waals surface area (Å²) >= 11 is 0. The Morgan fingerprint density at radius 3 is 2.63 bits per heavy atom. The lowest BCUT2D eigenvalue weighted by atomic mass is 9.96. The zero-order valence-electron chi connectivity index (χ0n) is 9.60. The molecule has 0 bridgehead atoms. The molecule has 1 aliphatic rings. The maximum Gasteiger partial charge on any atom is 0.348 e. The second-order valence-corrected chi connectivity index (χ2v) is 4.06. The van der Waals surface area contributed by atoms with Crippen LogP contribution in [0.3, 0.4) is 0 Å². The molecule has 0 unspecified atom stereocenters. The van der Waals surface area contributed by atoms with E-state index in [2.05, 4.69) is 10.1 Å². The van der Waals surface area contributed by atoms with Gasteiger partial charge in [0, 0.05) is 5.39 Å². The Balaban J connectivity index is 2.40. The van der Waals surface area contributed by atoms with Gasteiger partial charge in [0.05, 0.1) is 16.8 Å². The lowest BCUT2D eigenvalue weighted by Gasteiger charge is -2.18. The van der Waals surface area contributed by atoms with E-state index in [9.17, 15) is 14.4 Å². The predicted octanol–water partition coefficient (Wildman–Crippen LogP) is 1.64. The SMILES string of the molecule is NC(=O)Nc1ccc2cccc3c2c1C(=O)OC3=O. The Morgan fingerprint density at radius 1 is 1.11 bits per heavy atom. The van der Waals surface area contributed by atoms with Crippen LogP contribution in [0.5, 0.6) is 0 Å². The molecule has 0 fully saturated rings. The number of esters is 2. The van der Waals surface area contributed by atoms with Gasteiger partial charge in [0.2, 0.25) is 0 Å². The van der Waals surface area contributed by atoms with Crippen LogP contribution in [-0.2, 0) is 4.74 Å². The number of cyclic esters (lactones) is 2. The van der Waals surface area contributed by atoms with Gasteiger partial charge >= 0.3 is 18.0 Å². The molecule has 1 aliphatic heterocycles. The zero-order valence-corrected chi connectivity index (χ0v) is 9.60. The summed E-state index contributed by atoms with van der Waals surface area (Å²) in [4.78, 5) is 34.4. The Kier molecular flexibility index (Phi) is 2.25. The van der Waals surface area contributed by atoms with Gasteiger partial charge in [-0.05, 0) is 17.5 Å². The second kappa shape index (κ2) is 3.81. The van der Waals surface area contributed by atoms with Crippen molar-refractivity contribution in [2.45, 2.75) is 0 Å². The minimum atomic E-state index is -0.794. The summed E-state index contributed by atoms with van der Waals surface area (Å²) in [6.45, 7) is 0. The number of carbonyl (C=O) groups is 3. The van der Waals surface area contributed by atoms with E-state index in [-0.39, 0.29) is 11.3 Å². The summed E-state index contributed by atoms with van der Waals surface area (Å²) in [7, 11) is 0. The number of urea groups is 1. The summed E-state index contributed by atoms with van der Waals surface area (Å²) in [6, 6.07) is 7.47. The number of nitrogens with two attached hydrogens (primary N) is 1. The average Bonchev–Trinajstić information content (AvgIpc) is 2.35. The molecule has 3 N–H and O–H groups in total. The fourth-order valence-corrected chi connectivity index (χ4v) is 2.19. The Hall–Kier alpha value is -2.89. The van der Waals surface area contributed by atoms with Gasteiger partial charge in [-0.1, -0.05) is 18.2 Å². The minimum absolute atomic E-state index is 0.145. The fourth-order valence-electron chi connectivity index (χ4n) is 2.19. The molecule has 94 valence electrons. The number of primary amides is 1. The Bertz CT molecular complexity index is 752. The van der Waals surface area contributed by atoms with E-state index >= 15 is 0 Å². The highest BCUT2D eigenvalue weighted by atomic mass is 16.6. The molecular formula is C13H8N2O4. The largest absolute Gasteiger partial charge is 0.386 e. The molecule has 6 heteroatoms. The first kappa shape index (κ1) is 11.2. The smallest absolute Gasteiger partial charge is 0.348 e. The molecule has 0 saturated heterocycles. The molecule has 2 aromatic rings. The van der Waals surface area contributed by atoms with Gasteiger partial charge in [0.1, 0.15) is 0 Å². The number of nitrogens with one attached hydrogen (secondary N) is 1. The standard InChI is InChI=1S/C13H8N2O4/c14-13(18)15-8-5-4-6-2-1-3-7-9(6)10(8)12(17)19-11(7)16/h1-5H,(H3,14,15,18). The first-order valence-corrected chi connectivity index (χ1v) is 5.46. The van der Waals surface area contributed by atoms with Gasteiger partial charge in [0.15, 0.2) is 0 Å². The van der Waals surface area contributed by atoms with Crippen molar-refractivity contribution < 1.29 is 19.1 Å². The lowest BCUT2D eigenvalue weighted by molar-refractivity contribution is 0.0392. The third-order valence-corrected chi connectivity index (χ3v) is 2.91. The van der Waals surface area contributed by atoms with Crippen LogP contribution in [0.4, 0.5) is 10.5 Å². The zero-order chi connectivity index (χ0) is 13.6. The molecule has 3 rings (SSSR count). The van der Waals surface area contributed by atoms with Crippen molar-refractivity contribution in [1.82, 2.24) is 0 Å².